The number of hydrogen-bond donors (Lipinski definition) is 1. The van der Waals surface area contributed by atoms with Crippen LogP contribution in [0.5, 0.6) is 0 Å². The first kappa shape index (κ1) is 12.6. The number of ether oxygens (including phenoxy) is 1. The fraction of sp³-hybridized carbons (Fsp3) is 0.500. The van der Waals surface area contributed by atoms with Gasteiger partial charge in [-0.2, -0.15) is 0 Å². The Balaban J connectivity index is 2.06. The topological polar surface area (TPSA) is 77.6 Å². The zero-order valence-corrected chi connectivity index (χ0v) is 10.3. The lowest BCUT2D eigenvalue weighted by Crippen LogP contribution is -2.40. The summed E-state index contributed by atoms with van der Waals surface area (Å²) < 4.78 is 6.56. The molecule has 98 valence electrons. The third-order valence-electron chi connectivity index (χ3n) is 3.16. The van der Waals surface area contributed by atoms with Crippen molar-refractivity contribution in [2.24, 2.45) is 0 Å². The van der Waals surface area contributed by atoms with Gasteiger partial charge in [-0.25, -0.2) is 0 Å². The molecular weight excluding hydrogens is 234 g/mol. The number of likely N-dealkylation sites (N-methyl/N-ethyl adjacent to an activating group) is 1. The van der Waals surface area contributed by atoms with E-state index in [1.807, 2.05) is 0 Å². The van der Waals surface area contributed by atoms with Gasteiger partial charge in [0.25, 0.3) is 5.56 Å². The zero-order chi connectivity index (χ0) is 13.1. The molecule has 1 aliphatic rings. The highest BCUT2D eigenvalue weighted by atomic mass is 16.5. The fourth-order valence-corrected chi connectivity index (χ4v) is 1.96. The number of anilines is 1. The summed E-state index contributed by atoms with van der Waals surface area (Å²) in [5, 5.41) is 0. The summed E-state index contributed by atoms with van der Waals surface area (Å²) in [7, 11) is 1.74. The van der Waals surface area contributed by atoms with E-state index in [0.29, 0.717) is 18.9 Å². The van der Waals surface area contributed by atoms with Crippen molar-refractivity contribution in [1.29, 1.82) is 0 Å². The average Bonchev–Trinajstić information content (AvgIpc) is 2.86. The van der Waals surface area contributed by atoms with E-state index in [9.17, 15) is 9.59 Å². The van der Waals surface area contributed by atoms with Gasteiger partial charge in [0.15, 0.2) is 0 Å². The molecule has 0 saturated carbocycles. The second-order valence-corrected chi connectivity index (χ2v) is 4.45. The van der Waals surface area contributed by atoms with E-state index >= 15 is 0 Å². The zero-order valence-electron chi connectivity index (χ0n) is 10.3. The van der Waals surface area contributed by atoms with Crippen LogP contribution in [0.3, 0.4) is 0 Å². The number of rotatable bonds is 3. The van der Waals surface area contributed by atoms with Gasteiger partial charge >= 0.3 is 0 Å². The molecule has 1 aromatic rings. The second-order valence-electron chi connectivity index (χ2n) is 4.45. The van der Waals surface area contributed by atoms with Gasteiger partial charge in [-0.1, -0.05) is 0 Å². The number of nitrogens with two attached hydrogens (primary N) is 1. The Morgan fingerprint density at radius 3 is 3.06 bits per heavy atom. The highest BCUT2D eigenvalue weighted by molar-refractivity contribution is 5.76. The quantitative estimate of drug-likeness (QED) is 0.798. The van der Waals surface area contributed by atoms with Crippen LogP contribution in [0.1, 0.15) is 6.42 Å². The van der Waals surface area contributed by atoms with Gasteiger partial charge in [0, 0.05) is 31.6 Å². The summed E-state index contributed by atoms with van der Waals surface area (Å²) in [4.78, 5) is 25.2. The number of carbonyl (C=O) groups is 1. The lowest BCUT2D eigenvalue weighted by Gasteiger charge is -2.23. The molecule has 0 aliphatic carbocycles. The summed E-state index contributed by atoms with van der Waals surface area (Å²) in [6.45, 7) is 1.26. The molecule has 1 fully saturated rings. The Labute approximate surface area is 105 Å². The number of amides is 1. The molecule has 0 aromatic carbocycles. The standard InChI is InChI=1S/C12H17N3O3/c1-14(10-4-5-18-8-10)12(17)7-15-6-9(13)2-3-11(15)16/h2-3,6,10H,4-5,7-8,13H2,1H3. The molecule has 2 N–H and O–H groups in total. The lowest BCUT2D eigenvalue weighted by molar-refractivity contribution is -0.132. The van der Waals surface area contributed by atoms with Crippen LogP contribution < -0.4 is 11.3 Å². The number of nitrogen functional groups attached to an aromatic ring is 1. The van der Waals surface area contributed by atoms with Crippen molar-refractivity contribution < 1.29 is 9.53 Å². The summed E-state index contributed by atoms with van der Waals surface area (Å²) in [5.41, 5.74) is 5.84. The van der Waals surface area contributed by atoms with Crippen LogP contribution in [0.25, 0.3) is 0 Å². The van der Waals surface area contributed by atoms with Gasteiger partial charge in [-0.05, 0) is 12.5 Å². The first-order valence-electron chi connectivity index (χ1n) is 5.87. The van der Waals surface area contributed by atoms with Crippen LogP contribution >= 0.6 is 0 Å². The van der Waals surface area contributed by atoms with Gasteiger partial charge in [-0.15, -0.1) is 0 Å². The smallest absolute Gasteiger partial charge is 0.251 e. The van der Waals surface area contributed by atoms with E-state index in [-0.39, 0.29) is 24.1 Å². The highest BCUT2D eigenvalue weighted by Gasteiger charge is 2.24. The van der Waals surface area contributed by atoms with Gasteiger partial charge in [0.1, 0.15) is 6.54 Å². The fourth-order valence-electron chi connectivity index (χ4n) is 1.96. The number of aromatic nitrogens is 1. The maximum atomic E-state index is 12.0. The molecule has 6 heteroatoms. The largest absolute Gasteiger partial charge is 0.398 e. The molecule has 1 atom stereocenters. The summed E-state index contributed by atoms with van der Waals surface area (Å²) in [6.07, 6.45) is 2.33. The van der Waals surface area contributed by atoms with Gasteiger partial charge in [0.05, 0.1) is 12.6 Å². The van der Waals surface area contributed by atoms with Crippen molar-refractivity contribution in [1.82, 2.24) is 9.47 Å². The van der Waals surface area contributed by atoms with Crippen molar-refractivity contribution in [3.63, 3.8) is 0 Å². The lowest BCUT2D eigenvalue weighted by atomic mass is 10.2. The summed E-state index contributed by atoms with van der Waals surface area (Å²) in [6, 6.07) is 2.99. The Bertz CT molecular complexity index is 492. The second kappa shape index (κ2) is 5.22. The van der Waals surface area contributed by atoms with Crippen LogP contribution in [0.2, 0.25) is 0 Å². The monoisotopic (exact) mass is 251 g/mol. The molecule has 1 saturated heterocycles. The average molecular weight is 251 g/mol. The first-order chi connectivity index (χ1) is 8.58. The molecule has 0 radical (unpaired) electrons. The minimum absolute atomic E-state index is 0.0108. The van der Waals surface area contributed by atoms with Crippen molar-refractivity contribution in [3.05, 3.63) is 28.7 Å². The molecule has 2 heterocycles. The third kappa shape index (κ3) is 2.70. The van der Waals surface area contributed by atoms with E-state index in [4.69, 9.17) is 10.5 Å². The highest BCUT2D eigenvalue weighted by Crippen LogP contribution is 2.11. The Morgan fingerprint density at radius 2 is 2.39 bits per heavy atom. The molecule has 1 aromatic heterocycles. The molecule has 1 aliphatic heterocycles. The first-order valence-corrected chi connectivity index (χ1v) is 5.87. The number of carbonyl (C=O) groups excluding carboxylic acids is 1. The van der Waals surface area contributed by atoms with E-state index < -0.39 is 0 Å². The Hall–Kier alpha value is -1.82. The van der Waals surface area contributed by atoms with Crippen LogP contribution in [0.4, 0.5) is 5.69 Å². The van der Waals surface area contributed by atoms with Gasteiger partial charge in [-0.3, -0.25) is 9.59 Å². The van der Waals surface area contributed by atoms with Gasteiger partial charge < -0.3 is 19.9 Å². The van der Waals surface area contributed by atoms with Crippen molar-refractivity contribution in [2.75, 3.05) is 26.0 Å². The number of hydrogen-bond acceptors (Lipinski definition) is 4. The molecule has 0 spiro atoms. The Kier molecular flexibility index (Phi) is 3.66. The molecule has 1 amide bonds. The molecule has 6 nitrogen and oxygen atoms in total. The number of pyridine rings is 1. The minimum atomic E-state index is -0.228. The minimum Gasteiger partial charge on any atom is -0.398 e. The molecular formula is C12H17N3O3. The maximum Gasteiger partial charge on any atom is 0.251 e. The normalized spacial score (nSPS) is 18.8. The van der Waals surface area contributed by atoms with Gasteiger partial charge in [0.2, 0.25) is 5.91 Å². The predicted molar refractivity (Wildman–Crippen MR) is 67.1 cm³/mol. The molecule has 0 bridgehead atoms. The maximum absolute atomic E-state index is 12.0. The summed E-state index contributed by atoms with van der Waals surface area (Å²) >= 11 is 0. The van der Waals surface area contributed by atoms with Crippen LogP contribution in [-0.2, 0) is 16.1 Å². The van der Waals surface area contributed by atoms with Crippen LogP contribution in [0.15, 0.2) is 23.1 Å². The predicted octanol–water partition coefficient (Wildman–Crippen LogP) is -0.322. The number of nitrogens with zero attached hydrogens (tertiary/aromatic N) is 2. The van der Waals surface area contributed by atoms with Crippen molar-refractivity contribution in [3.8, 4) is 0 Å². The third-order valence-corrected chi connectivity index (χ3v) is 3.16. The summed E-state index contributed by atoms with van der Waals surface area (Å²) in [5.74, 6) is -0.113. The Morgan fingerprint density at radius 1 is 1.61 bits per heavy atom. The van der Waals surface area contributed by atoms with Crippen LogP contribution in [0, 0.1) is 0 Å². The van der Waals surface area contributed by atoms with Crippen molar-refractivity contribution >= 4 is 11.6 Å². The van der Waals surface area contributed by atoms with Crippen molar-refractivity contribution in [2.45, 2.75) is 19.0 Å². The molecule has 1 unspecified atom stereocenters. The van der Waals surface area contributed by atoms with Crippen LogP contribution in [-0.4, -0.2) is 41.7 Å². The molecule has 18 heavy (non-hydrogen) atoms. The van der Waals surface area contributed by atoms with E-state index in [1.54, 1.807) is 11.9 Å². The van der Waals surface area contributed by atoms with E-state index in [2.05, 4.69) is 0 Å². The molecule has 2 rings (SSSR count). The van der Waals surface area contributed by atoms with E-state index in [1.165, 1.54) is 22.9 Å². The van der Waals surface area contributed by atoms with E-state index in [0.717, 1.165) is 6.42 Å². The SMILES string of the molecule is CN(C(=O)Cn1cc(N)ccc1=O)C1CCOC1.